The van der Waals surface area contributed by atoms with E-state index in [1.807, 2.05) is 10.9 Å². The molecule has 0 radical (unpaired) electrons. The number of aromatic nitrogens is 3. The third-order valence-electron chi connectivity index (χ3n) is 1.79. The molecule has 0 atom stereocenters. The van der Waals surface area contributed by atoms with E-state index in [1.165, 1.54) is 0 Å². The van der Waals surface area contributed by atoms with Crippen LogP contribution in [0.25, 0.3) is 0 Å². The van der Waals surface area contributed by atoms with Crippen molar-refractivity contribution in [2.45, 2.75) is 46.1 Å². The number of hydrogen-bond acceptors (Lipinski definition) is 2. The molecule has 0 amide bonds. The van der Waals surface area contributed by atoms with Crippen molar-refractivity contribution in [3.63, 3.8) is 0 Å². The highest BCUT2D eigenvalue weighted by molar-refractivity contribution is 4.99. The zero-order valence-corrected chi connectivity index (χ0v) is 8.50. The highest BCUT2D eigenvalue weighted by Gasteiger charge is 2.15. The molecule has 0 aromatic carbocycles. The highest BCUT2D eigenvalue weighted by atomic mass is 15.4. The summed E-state index contributed by atoms with van der Waals surface area (Å²) in [7, 11) is 0. The van der Waals surface area contributed by atoms with Gasteiger partial charge in [-0.3, -0.25) is 0 Å². The summed E-state index contributed by atoms with van der Waals surface area (Å²) in [5.41, 5.74) is 1.10. The van der Waals surface area contributed by atoms with Gasteiger partial charge in [-0.15, -0.1) is 5.10 Å². The predicted molar refractivity (Wildman–Crippen MR) is 49.1 cm³/mol. The topological polar surface area (TPSA) is 30.7 Å². The maximum Gasteiger partial charge on any atom is 0.0852 e. The third kappa shape index (κ3) is 1.84. The molecule has 3 heteroatoms. The average molecular weight is 167 g/mol. The lowest BCUT2D eigenvalue weighted by Gasteiger charge is -2.17. The van der Waals surface area contributed by atoms with Gasteiger partial charge in [0.1, 0.15) is 0 Å². The van der Waals surface area contributed by atoms with Crippen LogP contribution in [0.15, 0.2) is 6.20 Å². The number of nitrogens with zero attached hydrogens (tertiary/aromatic N) is 3. The van der Waals surface area contributed by atoms with E-state index >= 15 is 0 Å². The highest BCUT2D eigenvalue weighted by Crippen LogP contribution is 2.15. The van der Waals surface area contributed by atoms with Gasteiger partial charge < -0.3 is 0 Å². The molecule has 0 saturated heterocycles. The lowest BCUT2D eigenvalue weighted by molar-refractivity contribution is 0.347. The van der Waals surface area contributed by atoms with E-state index in [9.17, 15) is 0 Å². The molecule has 0 bridgehead atoms. The van der Waals surface area contributed by atoms with Crippen LogP contribution in [0.3, 0.4) is 0 Å². The van der Waals surface area contributed by atoms with Gasteiger partial charge in [0, 0.05) is 6.20 Å². The van der Waals surface area contributed by atoms with Crippen LogP contribution in [-0.2, 0) is 5.54 Å². The first-order valence-electron chi connectivity index (χ1n) is 4.34. The van der Waals surface area contributed by atoms with Crippen LogP contribution in [0.1, 0.15) is 46.2 Å². The molecule has 0 N–H and O–H groups in total. The van der Waals surface area contributed by atoms with E-state index in [2.05, 4.69) is 44.9 Å². The molecular weight excluding hydrogens is 150 g/mol. The molecule has 0 aliphatic rings. The summed E-state index contributed by atoms with van der Waals surface area (Å²) in [6.45, 7) is 10.6. The Hall–Kier alpha value is -0.860. The van der Waals surface area contributed by atoms with Crippen molar-refractivity contribution < 1.29 is 0 Å². The maximum atomic E-state index is 4.10. The molecule has 12 heavy (non-hydrogen) atoms. The minimum absolute atomic E-state index is 0.0418. The van der Waals surface area contributed by atoms with Crippen LogP contribution in [0.4, 0.5) is 0 Å². The Bertz CT molecular complexity index is 255. The molecule has 0 fully saturated rings. The largest absolute Gasteiger partial charge is 0.247 e. The first-order chi connectivity index (χ1) is 5.41. The van der Waals surface area contributed by atoms with Crippen molar-refractivity contribution in [1.29, 1.82) is 0 Å². The van der Waals surface area contributed by atoms with Gasteiger partial charge in [-0.05, 0) is 26.7 Å². The van der Waals surface area contributed by atoms with Crippen LogP contribution >= 0.6 is 0 Å². The summed E-state index contributed by atoms with van der Waals surface area (Å²) in [5, 5.41) is 8.17. The maximum absolute atomic E-state index is 4.10. The van der Waals surface area contributed by atoms with Gasteiger partial charge in [0.05, 0.1) is 11.2 Å². The van der Waals surface area contributed by atoms with E-state index in [0.29, 0.717) is 5.92 Å². The molecular formula is C9H17N3. The number of hydrogen-bond donors (Lipinski definition) is 0. The van der Waals surface area contributed by atoms with E-state index in [0.717, 1.165) is 5.69 Å². The molecule has 1 aromatic heterocycles. The van der Waals surface area contributed by atoms with Crippen LogP contribution in [-0.4, -0.2) is 15.0 Å². The monoisotopic (exact) mass is 167 g/mol. The Morgan fingerprint density at radius 1 is 1.33 bits per heavy atom. The van der Waals surface area contributed by atoms with Gasteiger partial charge in [-0.25, -0.2) is 4.68 Å². The molecule has 68 valence electrons. The zero-order valence-electron chi connectivity index (χ0n) is 8.50. The number of rotatable bonds is 1. The van der Waals surface area contributed by atoms with E-state index < -0.39 is 0 Å². The normalized spacial score (nSPS) is 12.5. The minimum Gasteiger partial charge on any atom is -0.247 e. The van der Waals surface area contributed by atoms with Gasteiger partial charge in [0.25, 0.3) is 0 Å². The third-order valence-corrected chi connectivity index (χ3v) is 1.79. The predicted octanol–water partition coefficient (Wildman–Crippen LogP) is 2.16. The molecule has 0 spiro atoms. The average Bonchev–Trinajstić information content (AvgIpc) is 2.30. The van der Waals surface area contributed by atoms with Crippen molar-refractivity contribution >= 4 is 0 Å². The minimum atomic E-state index is 0.0418. The zero-order chi connectivity index (χ0) is 9.35. The van der Waals surface area contributed by atoms with Gasteiger partial charge in [0.2, 0.25) is 0 Å². The first-order valence-corrected chi connectivity index (χ1v) is 4.34. The summed E-state index contributed by atoms with van der Waals surface area (Å²) in [5.74, 6) is 0.459. The Morgan fingerprint density at radius 3 is 2.17 bits per heavy atom. The second-order valence-electron chi connectivity index (χ2n) is 4.41. The summed E-state index contributed by atoms with van der Waals surface area (Å²) in [4.78, 5) is 0. The van der Waals surface area contributed by atoms with Crippen molar-refractivity contribution in [1.82, 2.24) is 15.0 Å². The van der Waals surface area contributed by atoms with Crippen molar-refractivity contribution in [3.8, 4) is 0 Å². The van der Waals surface area contributed by atoms with Crippen molar-refractivity contribution in [3.05, 3.63) is 11.9 Å². The van der Waals surface area contributed by atoms with Crippen LogP contribution in [0, 0.1) is 0 Å². The van der Waals surface area contributed by atoms with E-state index in [-0.39, 0.29) is 5.54 Å². The molecule has 3 nitrogen and oxygen atoms in total. The summed E-state index contributed by atoms with van der Waals surface area (Å²) in [6.07, 6.45) is 2.02. The van der Waals surface area contributed by atoms with Crippen LogP contribution in [0.2, 0.25) is 0 Å². The van der Waals surface area contributed by atoms with Gasteiger partial charge in [-0.2, -0.15) is 0 Å². The molecule has 1 aromatic rings. The first kappa shape index (κ1) is 9.23. The standard InChI is InChI=1S/C9H17N3/c1-7(2)8-6-12(11-10-8)9(3,4)5/h6-7H,1-5H3. The Balaban J connectivity index is 2.92. The van der Waals surface area contributed by atoms with E-state index in [4.69, 9.17) is 0 Å². The lowest BCUT2D eigenvalue weighted by Crippen LogP contribution is -2.22. The molecule has 0 unspecified atom stereocenters. The van der Waals surface area contributed by atoms with Crippen molar-refractivity contribution in [2.24, 2.45) is 0 Å². The Morgan fingerprint density at radius 2 is 1.92 bits per heavy atom. The van der Waals surface area contributed by atoms with Crippen LogP contribution < -0.4 is 0 Å². The second-order valence-corrected chi connectivity index (χ2v) is 4.41. The summed E-state index contributed by atoms with van der Waals surface area (Å²) < 4.78 is 1.91. The van der Waals surface area contributed by atoms with Gasteiger partial charge in [0.15, 0.2) is 0 Å². The molecule has 1 rings (SSSR count). The fraction of sp³-hybridized carbons (Fsp3) is 0.778. The van der Waals surface area contributed by atoms with Gasteiger partial charge in [-0.1, -0.05) is 19.1 Å². The smallest absolute Gasteiger partial charge is 0.0852 e. The summed E-state index contributed by atoms with van der Waals surface area (Å²) >= 11 is 0. The van der Waals surface area contributed by atoms with Crippen molar-refractivity contribution in [2.75, 3.05) is 0 Å². The SMILES string of the molecule is CC(C)c1cn(C(C)(C)C)nn1. The molecule has 0 aliphatic carbocycles. The fourth-order valence-corrected chi connectivity index (χ4v) is 0.869. The van der Waals surface area contributed by atoms with Gasteiger partial charge >= 0.3 is 0 Å². The quantitative estimate of drug-likeness (QED) is 0.641. The lowest BCUT2D eigenvalue weighted by atomic mass is 10.1. The molecule has 1 heterocycles. The Labute approximate surface area is 73.8 Å². The second kappa shape index (κ2) is 2.88. The molecule has 0 saturated carbocycles. The summed E-state index contributed by atoms with van der Waals surface area (Å²) in [6, 6.07) is 0. The fourth-order valence-electron chi connectivity index (χ4n) is 0.869. The van der Waals surface area contributed by atoms with Crippen LogP contribution in [0.5, 0.6) is 0 Å². The molecule has 0 aliphatic heterocycles. The Kier molecular flexibility index (Phi) is 2.22. The van der Waals surface area contributed by atoms with E-state index in [1.54, 1.807) is 0 Å².